The van der Waals surface area contributed by atoms with Crippen LogP contribution in [0.2, 0.25) is 0 Å². The van der Waals surface area contributed by atoms with E-state index in [-0.39, 0.29) is 24.2 Å². The lowest BCUT2D eigenvalue weighted by Crippen LogP contribution is -2.16. The van der Waals surface area contributed by atoms with Crippen LogP contribution in [0.5, 0.6) is 0 Å². The fourth-order valence-corrected chi connectivity index (χ4v) is 2.81. The van der Waals surface area contributed by atoms with Crippen LogP contribution in [0.15, 0.2) is 23.8 Å². The van der Waals surface area contributed by atoms with Crippen molar-refractivity contribution in [1.29, 1.82) is 0 Å². The number of rotatable bonds is 3. The minimum Gasteiger partial charge on any atom is -0.463 e. The molecule has 1 saturated carbocycles. The van der Waals surface area contributed by atoms with Crippen molar-refractivity contribution in [3.05, 3.63) is 40.5 Å². The highest BCUT2D eigenvalue weighted by Gasteiger charge is 2.44. The Morgan fingerprint density at radius 3 is 2.62 bits per heavy atom. The number of allylic oxidation sites excluding steroid dienone is 1. The number of hydrogen-bond donors (Lipinski definition) is 0. The van der Waals surface area contributed by atoms with Crippen molar-refractivity contribution in [2.24, 2.45) is 0 Å². The lowest BCUT2D eigenvalue weighted by Gasteiger charge is -2.12. The van der Waals surface area contributed by atoms with E-state index in [1.807, 2.05) is 6.07 Å². The van der Waals surface area contributed by atoms with Crippen molar-refractivity contribution in [3.8, 4) is 0 Å². The number of ether oxygens (including phenoxy) is 1. The molecule has 0 heterocycles. The molecule has 2 aliphatic rings. The second-order valence-electron chi connectivity index (χ2n) is 5.44. The SMILES string of the molecule is CCOC(=O)C1=C(C(F)(F)F)c2cc(C3CC3)ccc2C1. The first-order chi connectivity index (χ1) is 9.91. The minimum absolute atomic E-state index is 0.00600. The van der Waals surface area contributed by atoms with Crippen LogP contribution in [0.4, 0.5) is 13.2 Å². The molecular formula is C16H15F3O2. The monoisotopic (exact) mass is 296 g/mol. The van der Waals surface area contributed by atoms with E-state index in [0.717, 1.165) is 18.4 Å². The van der Waals surface area contributed by atoms with Gasteiger partial charge in [-0.2, -0.15) is 13.2 Å². The van der Waals surface area contributed by atoms with E-state index in [0.29, 0.717) is 11.5 Å². The Bertz CT molecular complexity index is 625. The second-order valence-corrected chi connectivity index (χ2v) is 5.44. The zero-order valence-electron chi connectivity index (χ0n) is 11.6. The van der Waals surface area contributed by atoms with Crippen LogP contribution in [-0.4, -0.2) is 18.8 Å². The van der Waals surface area contributed by atoms with Crippen LogP contribution >= 0.6 is 0 Å². The van der Waals surface area contributed by atoms with Crippen LogP contribution in [0.1, 0.15) is 42.4 Å². The van der Waals surface area contributed by atoms with Crippen molar-refractivity contribution < 1.29 is 22.7 Å². The van der Waals surface area contributed by atoms with Crippen LogP contribution in [-0.2, 0) is 16.0 Å². The number of fused-ring (bicyclic) bond motifs is 1. The number of esters is 1. The van der Waals surface area contributed by atoms with E-state index in [1.54, 1.807) is 19.1 Å². The summed E-state index contributed by atoms with van der Waals surface area (Å²) < 4.78 is 44.9. The molecule has 2 nitrogen and oxygen atoms in total. The summed E-state index contributed by atoms with van der Waals surface area (Å²) in [6.45, 7) is 1.65. The Morgan fingerprint density at radius 2 is 2.05 bits per heavy atom. The molecule has 0 spiro atoms. The largest absolute Gasteiger partial charge is 0.463 e. The molecule has 2 aliphatic carbocycles. The Labute approximate surface area is 120 Å². The topological polar surface area (TPSA) is 26.3 Å². The molecule has 1 aromatic carbocycles. The Balaban J connectivity index is 2.08. The summed E-state index contributed by atoms with van der Waals surface area (Å²) in [7, 11) is 0. The third kappa shape index (κ3) is 2.57. The Morgan fingerprint density at radius 1 is 1.33 bits per heavy atom. The van der Waals surface area contributed by atoms with Gasteiger partial charge in [0, 0.05) is 6.42 Å². The highest BCUT2D eigenvalue weighted by Crippen LogP contribution is 2.47. The fraction of sp³-hybridized carbons (Fsp3) is 0.438. The maximum absolute atomic E-state index is 13.4. The van der Waals surface area contributed by atoms with Crippen molar-refractivity contribution >= 4 is 11.5 Å². The molecule has 0 saturated heterocycles. The van der Waals surface area contributed by atoms with Gasteiger partial charge in [0.2, 0.25) is 0 Å². The summed E-state index contributed by atoms with van der Waals surface area (Å²) in [6, 6.07) is 5.18. The lowest BCUT2D eigenvalue weighted by atomic mass is 10.00. The van der Waals surface area contributed by atoms with Gasteiger partial charge in [-0.25, -0.2) is 4.79 Å². The third-order valence-electron chi connectivity index (χ3n) is 3.93. The molecule has 0 radical (unpaired) electrons. The molecule has 1 aromatic rings. The summed E-state index contributed by atoms with van der Waals surface area (Å²) in [4.78, 5) is 11.8. The first kappa shape index (κ1) is 14.2. The van der Waals surface area contributed by atoms with E-state index in [9.17, 15) is 18.0 Å². The van der Waals surface area contributed by atoms with E-state index in [2.05, 4.69) is 0 Å². The molecule has 21 heavy (non-hydrogen) atoms. The molecule has 5 heteroatoms. The first-order valence-corrected chi connectivity index (χ1v) is 7.02. The highest BCUT2D eigenvalue weighted by molar-refractivity contribution is 6.02. The molecule has 112 valence electrons. The Kier molecular flexibility index (Phi) is 3.30. The normalized spacial score (nSPS) is 17.9. The van der Waals surface area contributed by atoms with E-state index in [1.165, 1.54) is 0 Å². The molecule has 0 atom stereocenters. The van der Waals surface area contributed by atoms with Gasteiger partial charge in [-0.05, 0) is 42.4 Å². The van der Waals surface area contributed by atoms with Crippen LogP contribution in [0.3, 0.4) is 0 Å². The molecule has 0 N–H and O–H groups in total. The van der Waals surface area contributed by atoms with Crippen molar-refractivity contribution in [3.63, 3.8) is 0 Å². The molecular weight excluding hydrogens is 281 g/mol. The first-order valence-electron chi connectivity index (χ1n) is 7.02. The number of halogens is 3. The van der Waals surface area contributed by atoms with Crippen LogP contribution in [0, 0.1) is 0 Å². The van der Waals surface area contributed by atoms with E-state index in [4.69, 9.17) is 4.74 Å². The third-order valence-corrected chi connectivity index (χ3v) is 3.93. The quantitative estimate of drug-likeness (QED) is 0.788. The number of alkyl halides is 3. The molecule has 0 aliphatic heterocycles. The minimum atomic E-state index is -4.55. The molecule has 0 bridgehead atoms. The Hall–Kier alpha value is -1.78. The van der Waals surface area contributed by atoms with Gasteiger partial charge in [-0.3, -0.25) is 0 Å². The van der Waals surface area contributed by atoms with Crippen LogP contribution in [0.25, 0.3) is 5.57 Å². The van der Waals surface area contributed by atoms with Crippen molar-refractivity contribution in [2.75, 3.05) is 6.61 Å². The summed E-state index contributed by atoms with van der Waals surface area (Å²) in [6.07, 6.45) is -2.51. The summed E-state index contributed by atoms with van der Waals surface area (Å²) in [5, 5.41) is 0. The fourth-order valence-electron chi connectivity index (χ4n) is 2.81. The zero-order chi connectivity index (χ0) is 15.2. The standard InChI is InChI=1S/C16H15F3O2/c1-2-21-15(20)13-8-11-6-5-10(9-3-4-9)7-12(11)14(13)16(17,18)19/h5-7,9H,2-4,8H2,1H3. The van der Waals surface area contributed by atoms with Crippen LogP contribution < -0.4 is 0 Å². The predicted molar refractivity (Wildman–Crippen MR) is 71.7 cm³/mol. The molecule has 3 rings (SSSR count). The molecule has 0 unspecified atom stereocenters. The maximum Gasteiger partial charge on any atom is 0.417 e. The maximum atomic E-state index is 13.4. The molecule has 1 fully saturated rings. The number of carbonyl (C=O) groups excluding carboxylic acids is 1. The molecule has 0 amide bonds. The highest BCUT2D eigenvalue weighted by atomic mass is 19.4. The smallest absolute Gasteiger partial charge is 0.417 e. The number of hydrogen-bond acceptors (Lipinski definition) is 2. The van der Waals surface area contributed by atoms with Gasteiger partial charge < -0.3 is 4.74 Å². The van der Waals surface area contributed by atoms with Gasteiger partial charge in [0.25, 0.3) is 0 Å². The summed E-state index contributed by atoms with van der Waals surface area (Å²) >= 11 is 0. The summed E-state index contributed by atoms with van der Waals surface area (Å²) in [5.74, 6) is -0.495. The zero-order valence-corrected chi connectivity index (χ0v) is 11.6. The average molecular weight is 296 g/mol. The lowest BCUT2D eigenvalue weighted by molar-refractivity contribution is -0.139. The second kappa shape index (κ2) is 4.90. The van der Waals surface area contributed by atoms with Crippen molar-refractivity contribution in [1.82, 2.24) is 0 Å². The van der Waals surface area contributed by atoms with Gasteiger partial charge in [0.05, 0.1) is 17.8 Å². The van der Waals surface area contributed by atoms with Crippen molar-refractivity contribution in [2.45, 2.75) is 38.3 Å². The van der Waals surface area contributed by atoms with Gasteiger partial charge in [0.1, 0.15) is 0 Å². The predicted octanol–water partition coefficient (Wildman–Crippen LogP) is 4.00. The van der Waals surface area contributed by atoms with E-state index < -0.39 is 17.7 Å². The molecule has 0 aromatic heterocycles. The number of carbonyl (C=O) groups is 1. The van der Waals surface area contributed by atoms with Gasteiger partial charge >= 0.3 is 12.1 Å². The van der Waals surface area contributed by atoms with Gasteiger partial charge in [-0.15, -0.1) is 0 Å². The average Bonchev–Trinajstić information content (AvgIpc) is 3.16. The summed E-state index contributed by atoms with van der Waals surface area (Å²) in [5.41, 5.74) is 0.538. The van der Waals surface area contributed by atoms with E-state index >= 15 is 0 Å². The van der Waals surface area contributed by atoms with Gasteiger partial charge in [0.15, 0.2) is 0 Å². The number of benzene rings is 1. The van der Waals surface area contributed by atoms with Gasteiger partial charge in [-0.1, -0.05) is 18.2 Å².